The molecule has 0 fully saturated rings. The predicted octanol–water partition coefficient (Wildman–Crippen LogP) is 7.00. The van der Waals surface area contributed by atoms with Crippen LogP contribution in [-0.4, -0.2) is 11.5 Å². The molecule has 2 aromatic rings. The van der Waals surface area contributed by atoms with Gasteiger partial charge in [0, 0.05) is 10.9 Å². The highest BCUT2D eigenvalue weighted by atomic mass is 79.9. The van der Waals surface area contributed by atoms with Crippen LogP contribution in [0.5, 0.6) is 0 Å². The Hall–Kier alpha value is -1.02. The van der Waals surface area contributed by atoms with Crippen molar-refractivity contribution in [3.63, 3.8) is 0 Å². The van der Waals surface area contributed by atoms with Gasteiger partial charge in [-0.15, -0.1) is 17.3 Å². The molecule has 0 saturated carbocycles. The van der Waals surface area contributed by atoms with Crippen molar-refractivity contribution in [2.45, 2.75) is 46.0 Å². The van der Waals surface area contributed by atoms with Crippen molar-refractivity contribution >= 4 is 54.8 Å². The van der Waals surface area contributed by atoms with E-state index in [1.54, 1.807) is 0 Å². The zero-order valence-electron chi connectivity index (χ0n) is 14.2. The van der Waals surface area contributed by atoms with Gasteiger partial charge in [0.2, 0.25) is 0 Å². The first-order valence-electron chi connectivity index (χ1n) is 8.27. The largest absolute Gasteiger partial charge is 0.373 e. The van der Waals surface area contributed by atoms with Crippen LogP contribution in [0, 0.1) is 11.8 Å². The zero-order chi connectivity index (χ0) is 17.5. The van der Waals surface area contributed by atoms with E-state index >= 15 is 0 Å². The molecule has 1 atom stereocenters. The Morgan fingerprint density at radius 2 is 2.21 bits per heavy atom. The normalized spacial score (nSPS) is 16.1. The van der Waals surface area contributed by atoms with Crippen LogP contribution >= 0.6 is 38.9 Å². The summed E-state index contributed by atoms with van der Waals surface area (Å²) in [6.07, 6.45) is 7.99. The fraction of sp³-hybridized carbons (Fsp3) is 0.421. The summed E-state index contributed by atoms with van der Waals surface area (Å²) in [7, 11) is 0. The first-order chi connectivity index (χ1) is 11.7. The molecule has 128 valence electrons. The van der Waals surface area contributed by atoms with Gasteiger partial charge in [-0.3, -0.25) is 0 Å². The van der Waals surface area contributed by atoms with Crippen molar-refractivity contribution in [2.24, 2.45) is 0 Å². The molecule has 24 heavy (non-hydrogen) atoms. The summed E-state index contributed by atoms with van der Waals surface area (Å²) in [4.78, 5) is 5.89. The highest BCUT2D eigenvalue weighted by Crippen LogP contribution is 2.45. The molecule has 1 aliphatic rings. The maximum atomic E-state index is 6.19. The Bertz CT molecular complexity index is 786. The Kier molecular flexibility index (Phi) is 7.61. The summed E-state index contributed by atoms with van der Waals surface area (Å²) in [6, 6.07) is 1.88. The molecule has 5 heteroatoms. The number of rotatable bonds is 3. The lowest BCUT2D eigenvalue weighted by atomic mass is 9.93. The molecule has 0 radical (unpaired) electrons. The van der Waals surface area contributed by atoms with Crippen LogP contribution in [0.2, 0.25) is 5.15 Å². The standard InChI is InChI=1S/C17H16BrClN2S.C2H6/c1-2-3-9-20-12-10-13(19)21-15-14(18)16(22-17(12)15)11-7-5-4-6-8-11;1-2/h4-5,10-11H,6-9H2,1H3,(H,20,21);1-2H3. The monoisotopic (exact) mass is 424 g/mol. The summed E-state index contributed by atoms with van der Waals surface area (Å²) < 4.78 is 2.25. The van der Waals surface area contributed by atoms with Gasteiger partial charge in [-0.1, -0.05) is 43.5 Å². The minimum absolute atomic E-state index is 0.507. The number of aromatic nitrogens is 1. The van der Waals surface area contributed by atoms with E-state index in [0.29, 0.717) is 17.6 Å². The van der Waals surface area contributed by atoms with Crippen molar-refractivity contribution in [3.8, 4) is 11.8 Å². The van der Waals surface area contributed by atoms with Crippen LogP contribution in [0.1, 0.15) is 50.8 Å². The van der Waals surface area contributed by atoms with Crippen LogP contribution < -0.4 is 5.32 Å². The number of pyridine rings is 1. The van der Waals surface area contributed by atoms with Crippen LogP contribution in [0.15, 0.2) is 22.7 Å². The number of halogens is 2. The van der Waals surface area contributed by atoms with Crippen molar-refractivity contribution < 1.29 is 0 Å². The van der Waals surface area contributed by atoms with E-state index in [1.165, 1.54) is 11.3 Å². The summed E-state index contributed by atoms with van der Waals surface area (Å²) >= 11 is 11.7. The molecule has 3 rings (SSSR count). The molecule has 0 amide bonds. The second-order valence-corrected chi connectivity index (χ2v) is 7.44. The Labute approximate surface area is 161 Å². The summed E-state index contributed by atoms with van der Waals surface area (Å²) in [6.45, 7) is 6.45. The fourth-order valence-corrected chi connectivity index (χ4v) is 5.13. The number of anilines is 1. The van der Waals surface area contributed by atoms with Gasteiger partial charge < -0.3 is 5.32 Å². The number of fused-ring (bicyclic) bond motifs is 1. The van der Waals surface area contributed by atoms with Crippen molar-refractivity contribution in [2.75, 3.05) is 11.9 Å². The van der Waals surface area contributed by atoms with E-state index in [9.17, 15) is 0 Å². The predicted molar refractivity (Wildman–Crippen MR) is 111 cm³/mol. The van der Waals surface area contributed by atoms with E-state index < -0.39 is 0 Å². The molecule has 0 saturated heterocycles. The van der Waals surface area contributed by atoms with E-state index in [0.717, 1.165) is 33.2 Å². The molecule has 0 spiro atoms. The average Bonchev–Trinajstić information content (AvgIpc) is 2.95. The lowest BCUT2D eigenvalue weighted by molar-refractivity contribution is 0.625. The molecule has 1 aliphatic carbocycles. The lowest BCUT2D eigenvalue weighted by Gasteiger charge is -2.16. The fourth-order valence-electron chi connectivity index (χ4n) is 2.68. The highest BCUT2D eigenvalue weighted by Gasteiger charge is 2.22. The smallest absolute Gasteiger partial charge is 0.131 e. The molecule has 2 heterocycles. The van der Waals surface area contributed by atoms with Gasteiger partial charge >= 0.3 is 0 Å². The van der Waals surface area contributed by atoms with Crippen LogP contribution in [-0.2, 0) is 0 Å². The molecule has 0 aromatic carbocycles. The molecule has 1 unspecified atom stereocenters. The van der Waals surface area contributed by atoms with Gasteiger partial charge in [-0.2, -0.15) is 0 Å². The zero-order valence-corrected chi connectivity index (χ0v) is 17.4. The first kappa shape index (κ1) is 19.3. The molecular formula is C19H22BrClN2S. The topological polar surface area (TPSA) is 24.9 Å². The average molecular weight is 426 g/mol. The van der Waals surface area contributed by atoms with E-state index in [4.69, 9.17) is 11.6 Å². The third-order valence-electron chi connectivity index (χ3n) is 3.76. The quantitative estimate of drug-likeness (QED) is 0.325. The SMILES string of the molecule is CC.CC#CCNc1cc(Cl)nc2c(Br)c(C3CC=CCC3)sc12. The second kappa shape index (κ2) is 9.46. The van der Waals surface area contributed by atoms with Gasteiger partial charge in [0.25, 0.3) is 0 Å². The first-order valence-corrected chi connectivity index (χ1v) is 10.3. The van der Waals surface area contributed by atoms with Crippen molar-refractivity contribution in [3.05, 3.63) is 32.7 Å². The summed E-state index contributed by atoms with van der Waals surface area (Å²) in [5.74, 6) is 6.49. The van der Waals surface area contributed by atoms with Gasteiger partial charge in [0.1, 0.15) is 5.15 Å². The number of hydrogen-bond donors (Lipinski definition) is 1. The highest BCUT2D eigenvalue weighted by molar-refractivity contribution is 9.10. The minimum atomic E-state index is 0.507. The number of thiophene rings is 1. The number of nitrogens with one attached hydrogen (secondary N) is 1. The molecule has 2 nitrogen and oxygen atoms in total. The molecular weight excluding hydrogens is 404 g/mol. The van der Waals surface area contributed by atoms with Crippen LogP contribution in [0.3, 0.4) is 0 Å². The summed E-state index contributed by atoms with van der Waals surface area (Å²) in [5, 5.41) is 3.86. The van der Waals surface area contributed by atoms with E-state index in [2.05, 4.69) is 50.2 Å². The molecule has 2 aromatic heterocycles. The maximum absolute atomic E-state index is 6.19. The Balaban J connectivity index is 0.00000100. The molecule has 1 N–H and O–H groups in total. The van der Waals surface area contributed by atoms with Gasteiger partial charge in [0.15, 0.2) is 0 Å². The second-order valence-electron chi connectivity index (χ2n) is 5.21. The Morgan fingerprint density at radius 1 is 1.42 bits per heavy atom. The minimum Gasteiger partial charge on any atom is -0.373 e. The van der Waals surface area contributed by atoms with Gasteiger partial charge in [-0.25, -0.2) is 4.98 Å². The van der Waals surface area contributed by atoms with E-state index in [1.807, 2.05) is 38.2 Å². The third-order valence-corrected chi connectivity index (χ3v) is 6.40. The van der Waals surface area contributed by atoms with Crippen LogP contribution in [0.4, 0.5) is 5.69 Å². The lowest BCUT2D eigenvalue weighted by Crippen LogP contribution is -1.99. The molecule has 0 bridgehead atoms. The van der Waals surface area contributed by atoms with Gasteiger partial charge in [-0.05, 0) is 48.0 Å². The van der Waals surface area contributed by atoms with Crippen molar-refractivity contribution in [1.82, 2.24) is 4.98 Å². The Morgan fingerprint density at radius 3 is 2.88 bits per heavy atom. The maximum Gasteiger partial charge on any atom is 0.131 e. The third kappa shape index (κ3) is 4.33. The number of allylic oxidation sites excluding steroid dienone is 2. The van der Waals surface area contributed by atoms with Gasteiger partial charge in [0.05, 0.1) is 26.9 Å². The van der Waals surface area contributed by atoms with Crippen LogP contribution in [0.25, 0.3) is 10.2 Å². The number of hydrogen-bond acceptors (Lipinski definition) is 3. The van der Waals surface area contributed by atoms with Crippen molar-refractivity contribution in [1.29, 1.82) is 0 Å². The summed E-state index contributed by atoms with van der Waals surface area (Å²) in [5.41, 5.74) is 1.97. The number of nitrogens with zero attached hydrogens (tertiary/aromatic N) is 1. The van der Waals surface area contributed by atoms with E-state index in [-0.39, 0.29) is 0 Å². The molecule has 0 aliphatic heterocycles.